The van der Waals surface area contributed by atoms with Crippen molar-refractivity contribution in [2.45, 2.75) is 26.5 Å². The van der Waals surface area contributed by atoms with Gasteiger partial charge in [0.05, 0.1) is 17.6 Å². The molecule has 1 saturated heterocycles. The molecule has 0 aliphatic carbocycles. The number of imide groups is 1. The van der Waals surface area contributed by atoms with Gasteiger partial charge in [-0.2, -0.15) is 0 Å². The molecule has 0 aromatic heterocycles. The van der Waals surface area contributed by atoms with Gasteiger partial charge < -0.3 is 4.74 Å². The zero-order valence-corrected chi connectivity index (χ0v) is 18.5. The molecule has 1 fully saturated rings. The van der Waals surface area contributed by atoms with E-state index in [1.54, 1.807) is 6.08 Å². The summed E-state index contributed by atoms with van der Waals surface area (Å²) in [5.41, 5.74) is 1.25. The summed E-state index contributed by atoms with van der Waals surface area (Å²) in [6, 6.07) is 15.5. The highest BCUT2D eigenvalue weighted by atomic mass is 35.5. The summed E-state index contributed by atoms with van der Waals surface area (Å²) < 4.78 is 19.3. The van der Waals surface area contributed by atoms with Crippen LogP contribution in [0.2, 0.25) is 5.02 Å². The number of carbonyl (C=O) groups is 2. The number of benzene rings is 3. The van der Waals surface area contributed by atoms with Crippen LogP contribution in [0.25, 0.3) is 16.8 Å². The van der Waals surface area contributed by atoms with E-state index in [0.29, 0.717) is 16.2 Å². The molecule has 3 aromatic rings. The molecule has 0 atom stereocenters. The Kier molecular flexibility index (Phi) is 6.03. The number of hydrogen-bond acceptors (Lipinski definition) is 4. The minimum atomic E-state index is -0.476. The molecule has 0 spiro atoms. The predicted octanol–water partition coefficient (Wildman–Crippen LogP) is 6.66. The van der Waals surface area contributed by atoms with Crippen molar-refractivity contribution in [3.63, 3.8) is 0 Å². The number of rotatable bonds is 5. The SMILES string of the molecule is CC(C)Oc1ccc2ccccc2c1/C=C1\SC(=O)N(Cc2ccc(F)cc2Cl)C1=O. The second-order valence-electron chi connectivity index (χ2n) is 7.37. The van der Waals surface area contributed by atoms with Gasteiger partial charge in [0.1, 0.15) is 11.6 Å². The molecular weight excluding hydrogens is 437 g/mol. The first-order valence-electron chi connectivity index (χ1n) is 9.71. The third-order valence-corrected chi connectivity index (χ3v) is 6.05. The third kappa shape index (κ3) is 4.45. The normalized spacial score (nSPS) is 15.5. The summed E-state index contributed by atoms with van der Waals surface area (Å²) in [7, 11) is 0. The number of nitrogens with zero attached hydrogens (tertiary/aromatic N) is 1. The highest BCUT2D eigenvalue weighted by molar-refractivity contribution is 8.18. The van der Waals surface area contributed by atoms with Crippen molar-refractivity contribution in [1.29, 1.82) is 0 Å². The van der Waals surface area contributed by atoms with Crippen molar-refractivity contribution in [3.05, 3.63) is 81.5 Å². The van der Waals surface area contributed by atoms with E-state index in [-0.39, 0.29) is 17.7 Å². The van der Waals surface area contributed by atoms with Crippen LogP contribution in [0, 0.1) is 5.82 Å². The van der Waals surface area contributed by atoms with Crippen molar-refractivity contribution in [3.8, 4) is 5.75 Å². The van der Waals surface area contributed by atoms with Gasteiger partial charge >= 0.3 is 0 Å². The topological polar surface area (TPSA) is 46.6 Å². The molecule has 1 heterocycles. The molecule has 4 nitrogen and oxygen atoms in total. The van der Waals surface area contributed by atoms with Crippen LogP contribution in [0.3, 0.4) is 0 Å². The Bertz CT molecular complexity index is 1220. The van der Waals surface area contributed by atoms with Crippen LogP contribution >= 0.6 is 23.4 Å². The first-order valence-corrected chi connectivity index (χ1v) is 10.9. The van der Waals surface area contributed by atoms with Gasteiger partial charge in [0.25, 0.3) is 11.1 Å². The first-order chi connectivity index (χ1) is 14.8. The lowest BCUT2D eigenvalue weighted by Gasteiger charge is -2.15. The largest absolute Gasteiger partial charge is 0.490 e. The minimum absolute atomic E-state index is 0.0218. The van der Waals surface area contributed by atoms with E-state index in [1.807, 2.05) is 50.2 Å². The Morgan fingerprint density at radius 1 is 1.13 bits per heavy atom. The highest BCUT2D eigenvalue weighted by Gasteiger charge is 2.35. The zero-order valence-electron chi connectivity index (χ0n) is 16.9. The molecule has 0 bridgehead atoms. The van der Waals surface area contributed by atoms with E-state index in [2.05, 4.69) is 0 Å². The molecule has 0 saturated carbocycles. The molecule has 158 valence electrons. The van der Waals surface area contributed by atoms with Gasteiger partial charge in [0, 0.05) is 10.6 Å². The van der Waals surface area contributed by atoms with Crippen molar-refractivity contribution in [2.24, 2.45) is 0 Å². The van der Waals surface area contributed by atoms with E-state index >= 15 is 0 Å². The second kappa shape index (κ2) is 8.73. The molecule has 1 aliphatic rings. The molecule has 31 heavy (non-hydrogen) atoms. The summed E-state index contributed by atoms with van der Waals surface area (Å²) in [5.74, 6) is -0.252. The molecule has 1 aliphatic heterocycles. The maximum absolute atomic E-state index is 13.3. The van der Waals surface area contributed by atoms with Crippen LogP contribution in [0.4, 0.5) is 9.18 Å². The maximum Gasteiger partial charge on any atom is 0.293 e. The molecular formula is C24H19ClFNO3S. The molecule has 7 heteroatoms. The fraction of sp³-hybridized carbons (Fsp3) is 0.167. The molecule has 0 radical (unpaired) electrons. The average molecular weight is 456 g/mol. The zero-order chi connectivity index (χ0) is 22.1. The quantitative estimate of drug-likeness (QED) is 0.404. The molecule has 0 unspecified atom stereocenters. The Balaban J connectivity index is 1.72. The number of hydrogen-bond donors (Lipinski definition) is 0. The van der Waals surface area contributed by atoms with E-state index in [0.717, 1.165) is 39.1 Å². The predicted molar refractivity (Wildman–Crippen MR) is 123 cm³/mol. The third-order valence-electron chi connectivity index (χ3n) is 4.79. The maximum atomic E-state index is 13.3. The van der Waals surface area contributed by atoms with Crippen molar-refractivity contribution >= 4 is 51.4 Å². The minimum Gasteiger partial charge on any atom is -0.490 e. The summed E-state index contributed by atoms with van der Waals surface area (Å²) in [5, 5.41) is 1.70. The van der Waals surface area contributed by atoms with Crippen LogP contribution in [0.1, 0.15) is 25.0 Å². The fourth-order valence-corrected chi connectivity index (χ4v) is 4.42. The molecule has 0 N–H and O–H groups in total. The molecule has 3 aromatic carbocycles. The van der Waals surface area contributed by atoms with Gasteiger partial charge in [0.15, 0.2) is 0 Å². The summed E-state index contributed by atoms with van der Waals surface area (Å²) in [6.45, 7) is 3.84. The van der Waals surface area contributed by atoms with E-state index in [1.165, 1.54) is 12.1 Å². The monoisotopic (exact) mass is 455 g/mol. The van der Waals surface area contributed by atoms with Crippen LogP contribution in [0.15, 0.2) is 59.5 Å². The number of carbonyl (C=O) groups excluding carboxylic acids is 2. The van der Waals surface area contributed by atoms with Crippen molar-refractivity contribution in [2.75, 3.05) is 0 Å². The lowest BCUT2D eigenvalue weighted by molar-refractivity contribution is -0.123. The molecule has 2 amide bonds. The highest BCUT2D eigenvalue weighted by Crippen LogP contribution is 2.38. The lowest BCUT2D eigenvalue weighted by Crippen LogP contribution is -2.27. The van der Waals surface area contributed by atoms with E-state index in [9.17, 15) is 14.0 Å². The van der Waals surface area contributed by atoms with Gasteiger partial charge in [-0.25, -0.2) is 4.39 Å². The summed E-state index contributed by atoms with van der Waals surface area (Å²) in [4.78, 5) is 27.0. The average Bonchev–Trinajstić information content (AvgIpc) is 2.98. The Hall–Kier alpha value is -2.83. The lowest BCUT2D eigenvalue weighted by atomic mass is 10.0. The van der Waals surface area contributed by atoms with Crippen LogP contribution in [-0.4, -0.2) is 22.2 Å². The van der Waals surface area contributed by atoms with Gasteiger partial charge in [-0.05, 0) is 66.2 Å². The number of amides is 2. The Labute approximate surface area is 188 Å². The van der Waals surface area contributed by atoms with Gasteiger partial charge in [-0.15, -0.1) is 0 Å². The van der Waals surface area contributed by atoms with E-state index < -0.39 is 17.0 Å². The Morgan fingerprint density at radius 2 is 1.90 bits per heavy atom. The fourth-order valence-electron chi connectivity index (χ4n) is 3.37. The van der Waals surface area contributed by atoms with Crippen LogP contribution in [0.5, 0.6) is 5.75 Å². The van der Waals surface area contributed by atoms with Gasteiger partial charge in [0.2, 0.25) is 0 Å². The summed E-state index contributed by atoms with van der Waals surface area (Å²) >= 11 is 6.94. The van der Waals surface area contributed by atoms with Crippen molar-refractivity contribution in [1.82, 2.24) is 4.90 Å². The second-order valence-corrected chi connectivity index (χ2v) is 8.77. The number of thioether (sulfide) groups is 1. The first kappa shape index (κ1) is 21.4. The van der Waals surface area contributed by atoms with Gasteiger partial charge in [-0.3, -0.25) is 14.5 Å². The number of fused-ring (bicyclic) bond motifs is 1. The number of ether oxygens (including phenoxy) is 1. The summed E-state index contributed by atoms with van der Waals surface area (Å²) in [6.07, 6.45) is 1.65. The van der Waals surface area contributed by atoms with Crippen LogP contribution < -0.4 is 4.74 Å². The Morgan fingerprint density at radius 3 is 2.65 bits per heavy atom. The number of halogens is 2. The van der Waals surface area contributed by atoms with Gasteiger partial charge in [-0.1, -0.05) is 48.0 Å². The van der Waals surface area contributed by atoms with Crippen LogP contribution in [-0.2, 0) is 11.3 Å². The smallest absolute Gasteiger partial charge is 0.293 e. The molecule has 4 rings (SSSR count). The van der Waals surface area contributed by atoms with Crippen molar-refractivity contribution < 1.29 is 18.7 Å². The standard InChI is InChI=1S/C24H19ClFNO3S/c1-14(2)30-21-10-8-15-5-3-4-6-18(15)19(21)12-22-23(28)27(24(29)31-22)13-16-7-9-17(26)11-20(16)25/h3-12,14H,13H2,1-2H3/b22-12-. The van der Waals surface area contributed by atoms with E-state index in [4.69, 9.17) is 16.3 Å².